The number of hydrogen-bond acceptors (Lipinski definition) is 3. The molecule has 1 aliphatic heterocycles. The van der Waals surface area contributed by atoms with Gasteiger partial charge in [-0.3, -0.25) is 0 Å². The van der Waals surface area contributed by atoms with Crippen molar-refractivity contribution in [2.24, 2.45) is 5.92 Å². The lowest BCUT2D eigenvalue weighted by atomic mass is 9.79. The molecular weight excluding hydrogens is 248 g/mol. The second kappa shape index (κ2) is 6.04. The molecule has 3 unspecified atom stereocenters. The van der Waals surface area contributed by atoms with E-state index in [1.807, 2.05) is 12.1 Å². The summed E-state index contributed by atoms with van der Waals surface area (Å²) in [5.74, 6) is 1.10. The Morgan fingerprint density at radius 1 is 1.15 bits per heavy atom. The number of rotatable bonds is 3. The molecule has 1 heterocycles. The minimum absolute atomic E-state index is 0.353. The zero-order valence-corrected chi connectivity index (χ0v) is 12.4. The van der Waals surface area contributed by atoms with Gasteiger partial charge in [0, 0.05) is 17.8 Å². The number of aryl methyl sites for hydroxylation is 1. The summed E-state index contributed by atoms with van der Waals surface area (Å²) in [6.07, 6.45) is 7.97. The van der Waals surface area contributed by atoms with Gasteiger partial charge >= 0.3 is 0 Å². The van der Waals surface area contributed by atoms with Gasteiger partial charge in [-0.05, 0) is 68.8 Å². The van der Waals surface area contributed by atoms with Crippen molar-refractivity contribution in [2.45, 2.75) is 57.5 Å². The third-order valence-electron chi connectivity index (χ3n) is 4.99. The number of phenols is 1. The van der Waals surface area contributed by atoms with Gasteiger partial charge in [-0.1, -0.05) is 12.8 Å². The number of phenolic OH excluding ortho intramolecular Hbond substituents is 1. The van der Waals surface area contributed by atoms with Crippen LogP contribution >= 0.6 is 0 Å². The van der Waals surface area contributed by atoms with Crippen molar-refractivity contribution in [3.05, 3.63) is 23.8 Å². The van der Waals surface area contributed by atoms with Crippen molar-refractivity contribution in [1.82, 2.24) is 5.32 Å². The number of nitrogens with one attached hydrogen (secondary N) is 2. The minimum atomic E-state index is 0.353. The Morgan fingerprint density at radius 3 is 2.75 bits per heavy atom. The Hall–Kier alpha value is -1.22. The maximum atomic E-state index is 9.53. The molecule has 0 bridgehead atoms. The molecule has 0 aromatic heterocycles. The van der Waals surface area contributed by atoms with Crippen molar-refractivity contribution >= 4 is 5.69 Å². The van der Waals surface area contributed by atoms with Crippen LogP contribution in [0.5, 0.6) is 5.75 Å². The highest BCUT2D eigenvalue weighted by Crippen LogP contribution is 2.33. The summed E-state index contributed by atoms with van der Waals surface area (Å²) in [6, 6.07) is 6.90. The first-order valence-corrected chi connectivity index (χ1v) is 8.03. The second-order valence-electron chi connectivity index (χ2n) is 6.40. The summed E-state index contributed by atoms with van der Waals surface area (Å²) >= 11 is 0. The van der Waals surface area contributed by atoms with Gasteiger partial charge in [0.25, 0.3) is 0 Å². The van der Waals surface area contributed by atoms with Crippen LogP contribution in [0.4, 0.5) is 5.69 Å². The molecule has 1 aliphatic carbocycles. The molecule has 2 fully saturated rings. The zero-order chi connectivity index (χ0) is 13.9. The van der Waals surface area contributed by atoms with Crippen LogP contribution in [0.1, 0.15) is 44.1 Å². The Labute approximate surface area is 121 Å². The standard InChI is InChI=1S/C17H26N2O/c1-12-11-13(20)8-9-15(12)19-17-6-3-2-5-14(17)16-7-4-10-18-16/h8-9,11,14,16-20H,2-7,10H2,1H3. The van der Waals surface area contributed by atoms with E-state index in [9.17, 15) is 5.11 Å². The van der Waals surface area contributed by atoms with Crippen LogP contribution in [0, 0.1) is 12.8 Å². The summed E-state index contributed by atoms with van der Waals surface area (Å²) in [5, 5.41) is 17.0. The summed E-state index contributed by atoms with van der Waals surface area (Å²) < 4.78 is 0. The molecule has 3 N–H and O–H groups in total. The Kier molecular flexibility index (Phi) is 4.16. The molecule has 2 aliphatic rings. The van der Waals surface area contributed by atoms with Crippen LogP contribution in [0.15, 0.2) is 18.2 Å². The first-order chi connectivity index (χ1) is 9.74. The van der Waals surface area contributed by atoms with Crippen LogP contribution in [-0.2, 0) is 0 Å². The predicted octanol–water partition coefficient (Wildman–Crippen LogP) is 3.42. The number of benzene rings is 1. The fourth-order valence-corrected chi connectivity index (χ4v) is 3.91. The van der Waals surface area contributed by atoms with E-state index in [-0.39, 0.29) is 0 Å². The molecule has 3 heteroatoms. The van der Waals surface area contributed by atoms with E-state index in [2.05, 4.69) is 17.6 Å². The van der Waals surface area contributed by atoms with Crippen LogP contribution < -0.4 is 10.6 Å². The molecular formula is C17H26N2O. The summed E-state index contributed by atoms with van der Waals surface area (Å²) in [5.41, 5.74) is 2.31. The quantitative estimate of drug-likeness (QED) is 0.740. The van der Waals surface area contributed by atoms with E-state index >= 15 is 0 Å². The summed E-state index contributed by atoms with van der Waals surface area (Å²) in [6.45, 7) is 3.25. The fourth-order valence-electron chi connectivity index (χ4n) is 3.91. The molecule has 0 amide bonds. The Bertz CT molecular complexity index is 454. The SMILES string of the molecule is Cc1cc(O)ccc1NC1CCCCC1C1CCCN1. The van der Waals surface area contributed by atoms with Crippen LogP contribution in [0.2, 0.25) is 0 Å². The lowest BCUT2D eigenvalue weighted by Crippen LogP contribution is -2.43. The van der Waals surface area contributed by atoms with Crippen LogP contribution in [-0.4, -0.2) is 23.7 Å². The fraction of sp³-hybridized carbons (Fsp3) is 0.647. The average molecular weight is 274 g/mol. The molecule has 1 aromatic rings. The highest BCUT2D eigenvalue weighted by Gasteiger charge is 2.33. The molecule has 20 heavy (non-hydrogen) atoms. The zero-order valence-electron chi connectivity index (χ0n) is 12.4. The third-order valence-corrected chi connectivity index (χ3v) is 4.99. The summed E-state index contributed by atoms with van der Waals surface area (Å²) in [7, 11) is 0. The number of hydrogen-bond donors (Lipinski definition) is 3. The van der Waals surface area contributed by atoms with Gasteiger partial charge in [-0.25, -0.2) is 0 Å². The van der Waals surface area contributed by atoms with Crippen molar-refractivity contribution in [3.8, 4) is 5.75 Å². The smallest absolute Gasteiger partial charge is 0.115 e. The van der Waals surface area contributed by atoms with E-state index in [0.29, 0.717) is 17.8 Å². The van der Waals surface area contributed by atoms with Crippen molar-refractivity contribution in [1.29, 1.82) is 0 Å². The van der Waals surface area contributed by atoms with E-state index in [4.69, 9.17) is 0 Å². The molecule has 1 aromatic carbocycles. The van der Waals surface area contributed by atoms with E-state index < -0.39 is 0 Å². The average Bonchev–Trinajstić information content (AvgIpc) is 2.96. The second-order valence-corrected chi connectivity index (χ2v) is 6.40. The molecule has 0 radical (unpaired) electrons. The first kappa shape index (κ1) is 13.7. The van der Waals surface area contributed by atoms with Gasteiger partial charge in [0.15, 0.2) is 0 Å². The van der Waals surface area contributed by atoms with E-state index in [0.717, 1.165) is 11.5 Å². The first-order valence-electron chi connectivity index (χ1n) is 8.03. The number of anilines is 1. The normalized spacial score (nSPS) is 30.4. The molecule has 3 nitrogen and oxygen atoms in total. The van der Waals surface area contributed by atoms with Gasteiger partial charge in [-0.15, -0.1) is 0 Å². The monoisotopic (exact) mass is 274 g/mol. The van der Waals surface area contributed by atoms with Gasteiger partial charge in [0.05, 0.1) is 0 Å². The van der Waals surface area contributed by atoms with Crippen LogP contribution in [0.25, 0.3) is 0 Å². The minimum Gasteiger partial charge on any atom is -0.508 e. The number of aromatic hydroxyl groups is 1. The molecule has 3 atom stereocenters. The van der Waals surface area contributed by atoms with Crippen molar-refractivity contribution in [2.75, 3.05) is 11.9 Å². The van der Waals surface area contributed by atoms with Gasteiger partial charge in [0.2, 0.25) is 0 Å². The molecule has 110 valence electrons. The van der Waals surface area contributed by atoms with E-state index in [1.54, 1.807) is 6.07 Å². The maximum absolute atomic E-state index is 9.53. The summed E-state index contributed by atoms with van der Waals surface area (Å²) in [4.78, 5) is 0. The largest absolute Gasteiger partial charge is 0.508 e. The predicted molar refractivity (Wildman–Crippen MR) is 83.2 cm³/mol. The molecule has 0 spiro atoms. The van der Waals surface area contributed by atoms with E-state index in [1.165, 1.54) is 50.8 Å². The lowest BCUT2D eigenvalue weighted by molar-refractivity contribution is 0.262. The Balaban J connectivity index is 1.72. The van der Waals surface area contributed by atoms with Crippen molar-refractivity contribution < 1.29 is 5.11 Å². The highest BCUT2D eigenvalue weighted by atomic mass is 16.3. The molecule has 3 rings (SSSR count). The topological polar surface area (TPSA) is 44.3 Å². The van der Waals surface area contributed by atoms with Gasteiger partial charge < -0.3 is 15.7 Å². The van der Waals surface area contributed by atoms with Gasteiger partial charge in [0.1, 0.15) is 5.75 Å². The highest BCUT2D eigenvalue weighted by molar-refractivity contribution is 5.54. The lowest BCUT2D eigenvalue weighted by Gasteiger charge is -2.37. The van der Waals surface area contributed by atoms with Crippen molar-refractivity contribution in [3.63, 3.8) is 0 Å². The Morgan fingerprint density at radius 2 is 2.00 bits per heavy atom. The maximum Gasteiger partial charge on any atom is 0.115 e. The van der Waals surface area contributed by atoms with Crippen LogP contribution in [0.3, 0.4) is 0 Å². The van der Waals surface area contributed by atoms with Gasteiger partial charge in [-0.2, -0.15) is 0 Å². The third kappa shape index (κ3) is 2.93. The molecule has 1 saturated carbocycles. The molecule has 1 saturated heterocycles.